The van der Waals surface area contributed by atoms with Gasteiger partial charge in [0.05, 0.1) is 0 Å². The first-order valence-corrected chi connectivity index (χ1v) is 8.17. The van der Waals surface area contributed by atoms with Crippen LogP contribution >= 0.6 is 24.0 Å². The molecule has 0 spiro atoms. The summed E-state index contributed by atoms with van der Waals surface area (Å²) in [5.41, 5.74) is 1.36. The predicted octanol–water partition coefficient (Wildman–Crippen LogP) is 4.52. The monoisotopic (exact) mass is 270 g/mol. The van der Waals surface area contributed by atoms with E-state index in [4.69, 9.17) is 12.2 Å². The first kappa shape index (κ1) is 13.2. The molecular weight excluding hydrogens is 248 g/mol. The van der Waals surface area contributed by atoms with Crippen molar-refractivity contribution in [3.05, 3.63) is 16.7 Å². The molecule has 1 saturated carbocycles. The van der Waals surface area contributed by atoms with Crippen LogP contribution in [0.1, 0.15) is 57.2 Å². The Kier molecular flexibility index (Phi) is 4.36. The highest BCUT2D eigenvalue weighted by atomic mass is 32.2. The van der Waals surface area contributed by atoms with Gasteiger partial charge in [0.2, 0.25) is 0 Å². The Bertz CT molecular complexity index is 419. The number of hydrogen-bond acceptors (Lipinski definition) is 2. The van der Waals surface area contributed by atoms with Crippen molar-refractivity contribution in [1.82, 2.24) is 9.55 Å². The van der Waals surface area contributed by atoms with Crippen LogP contribution in [0.25, 0.3) is 0 Å². The number of thioether (sulfide) groups is 1. The van der Waals surface area contributed by atoms with Gasteiger partial charge in [0, 0.05) is 23.2 Å². The third kappa shape index (κ3) is 2.63. The molecule has 0 aliphatic heterocycles. The predicted molar refractivity (Wildman–Crippen MR) is 78.5 cm³/mol. The Balaban J connectivity index is 2.37. The van der Waals surface area contributed by atoms with Crippen molar-refractivity contribution in [3.8, 4) is 0 Å². The third-order valence-electron chi connectivity index (χ3n) is 3.73. The van der Waals surface area contributed by atoms with E-state index in [0.717, 1.165) is 10.0 Å². The molecule has 17 heavy (non-hydrogen) atoms. The van der Waals surface area contributed by atoms with E-state index in [1.807, 2.05) is 11.8 Å². The molecule has 2 nitrogen and oxygen atoms in total. The SMILES string of the molecule is CSC1CCCCC1n1c(C(C)C)c[nH]c1=S. The molecule has 96 valence electrons. The van der Waals surface area contributed by atoms with E-state index >= 15 is 0 Å². The Morgan fingerprint density at radius 3 is 2.76 bits per heavy atom. The molecule has 1 aromatic rings. The second kappa shape index (κ2) is 5.61. The minimum absolute atomic E-state index is 0.535. The summed E-state index contributed by atoms with van der Waals surface area (Å²) in [5, 5.41) is 0.726. The molecule has 1 aliphatic carbocycles. The fourth-order valence-corrected chi connectivity index (χ4v) is 4.10. The Labute approximate surface area is 113 Å². The van der Waals surface area contributed by atoms with Crippen molar-refractivity contribution in [2.45, 2.75) is 56.7 Å². The molecule has 2 rings (SSSR count). The summed E-state index contributed by atoms with van der Waals surface area (Å²) < 4.78 is 3.29. The molecule has 1 N–H and O–H groups in total. The van der Waals surface area contributed by atoms with Gasteiger partial charge in [-0.15, -0.1) is 0 Å². The molecule has 0 radical (unpaired) electrons. The number of aromatic nitrogens is 2. The molecule has 1 aromatic heterocycles. The summed E-state index contributed by atoms with van der Waals surface area (Å²) in [7, 11) is 0. The molecule has 1 heterocycles. The fourth-order valence-electron chi connectivity index (χ4n) is 2.83. The van der Waals surface area contributed by atoms with Gasteiger partial charge in [0.25, 0.3) is 0 Å². The van der Waals surface area contributed by atoms with Gasteiger partial charge < -0.3 is 9.55 Å². The lowest BCUT2D eigenvalue weighted by molar-refractivity contribution is 0.352. The fraction of sp³-hybridized carbons (Fsp3) is 0.769. The number of imidazole rings is 1. The molecular formula is C13H22N2S2. The van der Waals surface area contributed by atoms with Crippen molar-refractivity contribution in [2.24, 2.45) is 0 Å². The first-order chi connectivity index (χ1) is 8.15. The van der Waals surface area contributed by atoms with Crippen LogP contribution in [0.3, 0.4) is 0 Å². The van der Waals surface area contributed by atoms with E-state index in [1.54, 1.807) is 0 Å². The largest absolute Gasteiger partial charge is 0.337 e. The molecule has 4 heteroatoms. The number of rotatable bonds is 3. The summed E-state index contributed by atoms with van der Waals surface area (Å²) in [6, 6.07) is 0.592. The quantitative estimate of drug-likeness (QED) is 0.815. The Hall–Kier alpha value is -0.220. The van der Waals surface area contributed by atoms with E-state index in [9.17, 15) is 0 Å². The van der Waals surface area contributed by atoms with Crippen molar-refractivity contribution < 1.29 is 0 Å². The summed E-state index contributed by atoms with van der Waals surface area (Å²) >= 11 is 7.47. The normalized spacial score (nSPS) is 25.4. The molecule has 2 atom stereocenters. The maximum absolute atomic E-state index is 5.47. The standard InChI is InChI=1S/C13H22N2S2/c1-9(2)11-8-14-13(16)15(11)10-6-4-5-7-12(10)17-3/h8-10,12H,4-7H2,1-3H3,(H,14,16). The number of hydrogen-bond donors (Lipinski definition) is 1. The summed E-state index contributed by atoms with van der Waals surface area (Å²) in [5.74, 6) is 0.535. The van der Waals surface area contributed by atoms with Crippen LogP contribution in [0.5, 0.6) is 0 Å². The van der Waals surface area contributed by atoms with Crippen LogP contribution in [-0.4, -0.2) is 21.1 Å². The topological polar surface area (TPSA) is 20.7 Å². The Morgan fingerprint density at radius 2 is 2.12 bits per heavy atom. The highest BCUT2D eigenvalue weighted by Crippen LogP contribution is 2.37. The number of nitrogens with one attached hydrogen (secondary N) is 1. The zero-order valence-corrected chi connectivity index (χ0v) is 12.5. The summed E-state index contributed by atoms with van der Waals surface area (Å²) in [6.45, 7) is 4.48. The lowest BCUT2D eigenvalue weighted by atomic mass is 9.94. The average molecular weight is 270 g/mol. The van der Waals surface area contributed by atoms with Crippen LogP contribution in [-0.2, 0) is 0 Å². The maximum atomic E-state index is 5.47. The lowest BCUT2D eigenvalue weighted by Crippen LogP contribution is -2.26. The van der Waals surface area contributed by atoms with Gasteiger partial charge in [-0.2, -0.15) is 11.8 Å². The van der Waals surface area contributed by atoms with Crippen LogP contribution in [0.2, 0.25) is 0 Å². The second-order valence-corrected chi connectivity index (χ2v) is 6.63. The number of H-pyrrole nitrogens is 1. The molecule has 0 amide bonds. The van der Waals surface area contributed by atoms with Gasteiger partial charge in [-0.05, 0) is 37.2 Å². The zero-order chi connectivity index (χ0) is 12.4. The van der Waals surface area contributed by atoms with Crippen molar-refractivity contribution in [2.75, 3.05) is 6.26 Å². The molecule has 0 saturated heterocycles. The average Bonchev–Trinajstić information content (AvgIpc) is 2.71. The number of nitrogens with zero attached hydrogens (tertiary/aromatic N) is 1. The van der Waals surface area contributed by atoms with E-state index in [2.05, 4.69) is 35.9 Å². The third-order valence-corrected chi connectivity index (χ3v) is 5.20. The smallest absolute Gasteiger partial charge is 0.177 e. The maximum Gasteiger partial charge on any atom is 0.177 e. The first-order valence-electron chi connectivity index (χ1n) is 6.47. The van der Waals surface area contributed by atoms with Crippen molar-refractivity contribution >= 4 is 24.0 Å². The highest BCUT2D eigenvalue weighted by molar-refractivity contribution is 7.99. The number of aromatic amines is 1. The van der Waals surface area contributed by atoms with Crippen LogP contribution in [0.4, 0.5) is 0 Å². The molecule has 1 aliphatic rings. The molecule has 0 bridgehead atoms. The van der Waals surface area contributed by atoms with Gasteiger partial charge in [0.15, 0.2) is 4.77 Å². The second-order valence-electron chi connectivity index (χ2n) is 5.17. The van der Waals surface area contributed by atoms with Crippen molar-refractivity contribution in [1.29, 1.82) is 0 Å². The van der Waals surface area contributed by atoms with Crippen LogP contribution in [0.15, 0.2) is 6.20 Å². The van der Waals surface area contributed by atoms with Crippen LogP contribution in [0, 0.1) is 4.77 Å². The molecule has 1 fully saturated rings. The lowest BCUT2D eigenvalue weighted by Gasteiger charge is -2.33. The van der Waals surface area contributed by atoms with Gasteiger partial charge in [-0.3, -0.25) is 0 Å². The van der Waals surface area contributed by atoms with Crippen LogP contribution < -0.4 is 0 Å². The van der Waals surface area contributed by atoms with E-state index < -0.39 is 0 Å². The van der Waals surface area contributed by atoms with E-state index in [-0.39, 0.29) is 0 Å². The Morgan fingerprint density at radius 1 is 1.41 bits per heavy atom. The van der Waals surface area contributed by atoms with Gasteiger partial charge in [-0.1, -0.05) is 26.7 Å². The van der Waals surface area contributed by atoms with Gasteiger partial charge >= 0.3 is 0 Å². The molecule has 2 unspecified atom stereocenters. The zero-order valence-electron chi connectivity index (χ0n) is 10.9. The molecule has 0 aromatic carbocycles. The summed E-state index contributed by atoms with van der Waals surface area (Å²) in [4.78, 5) is 3.23. The van der Waals surface area contributed by atoms with Crippen molar-refractivity contribution in [3.63, 3.8) is 0 Å². The van der Waals surface area contributed by atoms with E-state index in [1.165, 1.54) is 31.4 Å². The minimum Gasteiger partial charge on any atom is -0.337 e. The van der Waals surface area contributed by atoms with Gasteiger partial charge in [-0.25, -0.2) is 0 Å². The summed E-state index contributed by atoms with van der Waals surface area (Å²) in [6.07, 6.45) is 9.64. The van der Waals surface area contributed by atoms with Gasteiger partial charge in [0.1, 0.15) is 0 Å². The van der Waals surface area contributed by atoms with E-state index in [0.29, 0.717) is 12.0 Å². The minimum atomic E-state index is 0.535. The highest BCUT2D eigenvalue weighted by Gasteiger charge is 2.28.